The molecular formula is C12H11NOS. The van der Waals surface area contributed by atoms with Crippen LogP contribution >= 0.6 is 11.3 Å². The lowest BCUT2D eigenvalue weighted by Crippen LogP contribution is -1.77. The van der Waals surface area contributed by atoms with Gasteiger partial charge < -0.3 is 5.11 Å². The lowest BCUT2D eigenvalue weighted by Gasteiger charge is -1.97. The fourth-order valence-corrected chi connectivity index (χ4v) is 1.94. The van der Waals surface area contributed by atoms with Crippen molar-refractivity contribution in [2.45, 2.75) is 0 Å². The topological polar surface area (TPSA) is 33.1 Å². The van der Waals surface area contributed by atoms with E-state index in [-0.39, 0.29) is 6.61 Å². The molecule has 1 aromatic carbocycles. The van der Waals surface area contributed by atoms with Gasteiger partial charge in [0, 0.05) is 17.1 Å². The first-order valence-corrected chi connectivity index (χ1v) is 5.55. The number of aliphatic hydroxyl groups is 1. The molecule has 0 unspecified atom stereocenters. The van der Waals surface area contributed by atoms with E-state index in [0.29, 0.717) is 0 Å². The van der Waals surface area contributed by atoms with Crippen LogP contribution in [0, 0.1) is 0 Å². The Hall–Kier alpha value is -1.45. The van der Waals surface area contributed by atoms with E-state index in [9.17, 15) is 0 Å². The summed E-state index contributed by atoms with van der Waals surface area (Å²) in [7, 11) is 0. The summed E-state index contributed by atoms with van der Waals surface area (Å²) in [6.07, 6.45) is 5.42. The number of aliphatic hydroxyl groups excluding tert-OH is 1. The molecule has 76 valence electrons. The predicted octanol–water partition coefficient (Wildman–Crippen LogP) is 2.82. The molecule has 0 saturated heterocycles. The first kappa shape index (κ1) is 10.1. The molecule has 0 bridgehead atoms. The van der Waals surface area contributed by atoms with Gasteiger partial charge in [0.25, 0.3) is 0 Å². The van der Waals surface area contributed by atoms with E-state index in [0.717, 1.165) is 16.1 Å². The standard InChI is InChI=1S/C12H11NOS/c14-8-1-2-10-3-5-11(6-4-10)12-13-7-9-15-12/h1-7,9,14H,8H2/b2-1+. The van der Waals surface area contributed by atoms with Crippen LogP contribution in [0.15, 0.2) is 41.9 Å². The van der Waals surface area contributed by atoms with Crippen LogP contribution in [0.5, 0.6) is 0 Å². The lowest BCUT2D eigenvalue weighted by atomic mass is 10.1. The Kier molecular flexibility index (Phi) is 3.27. The van der Waals surface area contributed by atoms with Gasteiger partial charge in [0.2, 0.25) is 0 Å². The summed E-state index contributed by atoms with van der Waals surface area (Å²) < 4.78 is 0. The van der Waals surface area contributed by atoms with Crippen molar-refractivity contribution in [3.05, 3.63) is 47.5 Å². The van der Waals surface area contributed by atoms with E-state index >= 15 is 0 Å². The third-order valence-electron chi connectivity index (χ3n) is 2.01. The summed E-state index contributed by atoms with van der Waals surface area (Å²) >= 11 is 1.63. The molecule has 1 aromatic heterocycles. The fourth-order valence-electron chi connectivity index (χ4n) is 1.29. The Labute approximate surface area is 92.5 Å². The normalized spacial score (nSPS) is 11.0. The summed E-state index contributed by atoms with van der Waals surface area (Å²) in [4.78, 5) is 4.24. The van der Waals surface area contributed by atoms with Gasteiger partial charge in [-0.3, -0.25) is 0 Å². The minimum atomic E-state index is 0.0776. The van der Waals surface area contributed by atoms with Crippen LogP contribution in [0.1, 0.15) is 5.56 Å². The number of aromatic nitrogens is 1. The van der Waals surface area contributed by atoms with Gasteiger partial charge in [-0.15, -0.1) is 11.3 Å². The Bertz CT molecular complexity index is 431. The summed E-state index contributed by atoms with van der Waals surface area (Å²) in [5, 5.41) is 11.6. The van der Waals surface area contributed by atoms with Gasteiger partial charge in [-0.25, -0.2) is 4.98 Å². The lowest BCUT2D eigenvalue weighted by molar-refractivity contribution is 0.343. The van der Waals surface area contributed by atoms with Crippen molar-refractivity contribution < 1.29 is 5.11 Å². The average Bonchev–Trinajstić information content (AvgIpc) is 2.80. The highest BCUT2D eigenvalue weighted by Gasteiger charge is 1.98. The average molecular weight is 217 g/mol. The van der Waals surface area contributed by atoms with Gasteiger partial charge >= 0.3 is 0 Å². The Morgan fingerprint density at radius 1 is 1.27 bits per heavy atom. The number of rotatable bonds is 3. The van der Waals surface area contributed by atoms with Crippen molar-refractivity contribution in [3.8, 4) is 10.6 Å². The summed E-state index contributed by atoms with van der Waals surface area (Å²) in [5.74, 6) is 0. The van der Waals surface area contributed by atoms with Crippen molar-refractivity contribution >= 4 is 17.4 Å². The zero-order valence-corrected chi connectivity index (χ0v) is 8.95. The number of nitrogens with zero attached hydrogens (tertiary/aromatic N) is 1. The molecule has 0 saturated carbocycles. The second kappa shape index (κ2) is 4.87. The largest absolute Gasteiger partial charge is 0.392 e. The van der Waals surface area contributed by atoms with Gasteiger partial charge in [-0.2, -0.15) is 0 Å². The zero-order chi connectivity index (χ0) is 10.5. The predicted molar refractivity (Wildman–Crippen MR) is 63.7 cm³/mol. The number of hydrogen-bond donors (Lipinski definition) is 1. The Morgan fingerprint density at radius 2 is 2.07 bits per heavy atom. The highest BCUT2D eigenvalue weighted by Crippen LogP contribution is 2.21. The fraction of sp³-hybridized carbons (Fsp3) is 0.0833. The monoisotopic (exact) mass is 217 g/mol. The van der Waals surface area contributed by atoms with E-state index in [1.54, 1.807) is 23.6 Å². The van der Waals surface area contributed by atoms with Crippen molar-refractivity contribution in [2.75, 3.05) is 6.61 Å². The number of benzene rings is 1. The molecule has 0 fully saturated rings. The maximum Gasteiger partial charge on any atom is 0.123 e. The first-order valence-electron chi connectivity index (χ1n) is 4.67. The van der Waals surface area contributed by atoms with E-state index in [4.69, 9.17) is 5.11 Å². The summed E-state index contributed by atoms with van der Waals surface area (Å²) in [6.45, 7) is 0.0776. The van der Waals surface area contributed by atoms with E-state index in [1.807, 2.05) is 35.7 Å². The molecular weight excluding hydrogens is 206 g/mol. The molecule has 3 heteroatoms. The quantitative estimate of drug-likeness (QED) is 0.857. The van der Waals surface area contributed by atoms with Crippen LogP contribution in [-0.4, -0.2) is 16.7 Å². The minimum absolute atomic E-state index is 0.0776. The maximum atomic E-state index is 8.64. The van der Waals surface area contributed by atoms with Crippen LogP contribution in [0.2, 0.25) is 0 Å². The van der Waals surface area contributed by atoms with E-state index in [2.05, 4.69) is 4.98 Å². The van der Waals surface area contributed by atoms with Gasteiger partial charge in [0.05, 0.1) is 6.61 Å². The number of hydrogen-bond acceptors (Lipinski definition) is 3. The molecule has 0 radical (unpaired) electrons. The molecule has 2 rings (SSSR count). The maximum absolute atomic E-state index is 8.64. The summed E-state index contributed by atoms with van der Waals surface area (Å²) in [6, 6.07) is 8.11. The van der Waals surface area contributed by atoms with E-state index < -0.39 is 0 Å². The molecule has 0 amide bonds. The van der Waals surface area contributed by atoms with Crippen LogP contribution in [0.3, 0.4) is 0 Å². The van der Waals surface area contributed by atoms with Crippen LogP contribution in [-0.2, 0) is 0 Å². The second-order valence-corrected chi connectivity index (χ2v) is 3.94. The second-order valence-electron chi connectivity index (χ2n) is 3.04. The molecule has 0 spiro atoms. The molecule has 2 aromatic rings. The molecule has 0 aliphatic heterocycles. The first-order chi connectivity index (χ1) is 7.40. The zero-order valence-electron chi connectivity index (χ0n) is 8.13. The molecule has 2 nitrogen and oxygen atoms in total. The van der Waals surface area contributed by atoms with Crippen LogP contribution in [0.25, 0.3) is 16.6 Å². The molecule has 1 heterocycles. The Balaban J connectivity index is 2.21. The summed E-state index contributed by atoms with van der Waals surface area (Å²) in [5.41, 5.74) is 2.22. The van der Waals surface area contributed by atoms with Crippen LogP contribution in [0.4, 0.5) is 0 Å². The third kappa shape index (κ3) is 2.52. The van der Waals surface area contributed by atoms with E-state index in [1.165, 1.54) is 0 Å². The van der Waals surface area contributed by atoms with Crippen LogP contribution < -0.4 is 0 Å². The van der Waals surface area contributed by atoms with Crippen molar-refractivity contribution in [3.63, 3.8) is 0 Å². The number of thiazole rings is 1. The Morgan fingerprint density at radius 3 is 2.67 bits per heavy atom. The van der Waals surface area contributed by atoms with Crippen molar-refractivity contribution in [1.29, 1.82) is 0 Å². The molecule has 15 heavy (non-hydrogen) atoms. The molecule has 1 N–H and O–H groups in total. The van der Waals surface area contributed by atoms with Crippen molar-refractivity contribution in [2.24, 2.45) is 0 Å². The minimum Gasteiger partial charge on any atom is -0.392 e. The molecule has 0 aliphatic carbocycles. The van der Waals surface area contributed by atoms with Gasteiger partial charge in [0.1, 0.15) is 5.01 Å². The van der Waals surface area contributed by atoms with Gasteiger partial charge in [0.15, 0.2) is 0 Å². The van der Waals surface area contributed by atoms with Crippen molar-refractivity contribution in [1.82, 2.24) is 4.98 Å². The van der Waals surface area contributed by atoms with Gasteiger partial charge in [-0.1, -0.05) is 36.4 Å². The highest BCUT2D eigenvalue weighted by molar-refractivity contribution is 7.13. The van der Waals surface area contributed by atoms with Gasteiger partial charge in [-0.05, 0) is 5.56 Å². The third-order valence-corrected chi connectivity index (χ3v) is 2.83. The molecule has 0 aliphatic rings. The highest BCUT2D eigenvalue weighted by atomic mass is 32.1. The molecule has 0 atom stereocenters. The SMILES string of the molecule is OC/C=C/c1ccc(-c2nccs2)cc1. The smallest absolute Gasteiger partial charge is 0.123 e.